The van der Waals surface area contributed by atoms with Crippen molar-refractivity contribution in [2.45, 2.75) is 37.6 Å². The standard InChI is InChI=1S/2C6H10O3/c2*7-5-3-9-6-4(5)1-2-8-6/h2*4-7H,1-3H2/t4?,5-,6+;4-,5-,6+/m00/s1. The molecule has 4 aliphatic heterocycles. The molecule has 4 saturated heterocycles. The van der Waals surface area contributed by atoms with E-state index in [1.54, 1.807) is 0 Å². The van der Waals surface area contributed by atoms with Crippen LogP contribution in [0.3, 0.4) is 0 Å². The quantitative estimate of drug-likeness (QED) is 0.610. The number of hydrogen-bond acceptors (Lipinski definition) is 6. The van der Waals surface area contributed by atoms with Crippen molar-refractivity contribution in [3.05, 3.63) is 0 Å². The number of rotatable bonds is 0. The third kappa shape index (κ3) is 2.41. The second-order valence-corrected chi connectivity index (χ2v) is 5.18. The Labute approximate surface area is 106 Å². The fourth-order valence-electron chi connectivity index (χ4n) is 2.88. The normalized spacial score (nSPS) is 49.7. The van der Waals surface area contributed by atoms with E-state index in [1.807, 2.05) is 0 Å². The largest absolute Gasteiger partial charge is 0.390 e. The van der Waals surface area contributed by atoms with E-state index in [0.29, 0.717) is 13.2 Å². The van der Waals surface area contributed by atoms with Crippen molar-refractivity contribution in [3.8, 4) is 0 Å². The summed E-state index contributed by atoms with van der Waals surface area (Å²) in [7, 11) is 0. The molecule has 4 fully saturated rings. The fourth-order valence-corrected chi connectivity index (χ4v) is 2.88. The van der Waals surface area contributed by atoms with Gasteiger partial charge in [0.15, 0.2) is 12.6 Å². The first kappa shape index (κ1) is 12.8. The van der Waals surface area contributed by atoms with Gasteiger partial charge in [0.25, 0.3) is 0 Å². The van der Waals surface area contributed by atoms with E-state index in [1.165, 1.54) is 0 Å². The van der Waals surface area contributed by atoms with Crippen LogP contribution in [0.1, 0.15) is 12.8 Å². The second kappa shape index (κ2) is 5.40. The highest BCUT2D eigenvalue weighted by molar-refractivity contribution is 4.82. The van der Waals surface area contributed by atoms with Crippen LogP contribution in [-0.2, 0) is 18.9 Å². The predicted octanol–water partition coefficient (Wildman–Crippen LogP) is -0.520. The molecular weight excluding hydrogens is 240 g/mol. The summed E-state index contributed by atoms with van der Waals surface area (Å²) in [5.41, 5.74) is 0. The summed E-state index contributed by atoms with van der Waals surface area (Å²) in [6.07, 6.45) is 1.15. The van der Waals surface area contributed by atoms with Gasteiger partial charge < -0.3 is 29.2 Å². The number of fused-ring (bicyclic) bond motifs is 2. The molecule has 1 unspecified atom stereocenters. The van der Waals surface area contributed by atoms with Crippen LogP contribution >= 0.6 is 0 Å². The van der Waals surface area contributed by atoms with Gasteiger partial charge in [0.1, 0.15) is 0 Å². The molecule has 0 radical (unpaired) electrons. The average molecular weight is 260 g/mol. The van der Waals surface area contributed by atoms with Gasteiger partial charge in [0, 0.05) is 11.8 Å². The molecule has 4 aliphatic rings. The smallest absolute Gasteiger partial charge is 0.163 e. The van der Waals surface area contributed by atoms with Crippen molar-refractivity contribution in [1.82, 2.24) is 0 Å². The minimum atomic E-state index is -0.280. The lowest BCUT2D eigenvalue weighted by atomic mass is 10.0. The summed E-state index contributed by atoms with van der Waals surface area (Å²) >= 11 is 0. The molecule has 6 heteroatoms. The zero-order valence-corrected chi connectivity index (χ0v) is 10.2. The zero-order valence-electron chi connectivity index (χ0n) is 10.2. The Balaban J connectivity index is 0.000000111. The number of aliphatic hydroxyl groups excluding tert-OH is 2. The first-order valence-corrected chi connectivity index (χ1v) is 6.58. The van der Waals surface area contributed by atoms with E-state index < -0.39 is 0 Å². The lowest BCUT2D eigenvalue weighted by Gasteiger charge is -2.06. The lowest BCUT2D eigenvalue weighted by molar-refractivity contribution is -0.0909. The van der Waals surface area contributed by atoms with Crippen LogP contribution < -0.4 is 0 Å². The molecule has 6 nitrogen and oxygen atoms in total. The van der Waals surface area contributed by atoms with E-state index >= 15 is 0 Å². The molecule has 4 rings (SSSR count). The molecular formula is C12H20O6. The summed E-state index contributed by atoms with van der Waals surface area (Å²) in [6.45, 7) is 2.39. The SMILES string of the molecule is O[C@H]1CO[C@H]2OCCC21.O[C@H]1CO[C@H]2OCC[C@H]21. The van der Waals surface area contributed by atoms with Crippen molar-refractivity contribution in [3.63, 3.8) is 0 Å². The maximum atomic E-state index is 9.19. The van der Waals surface area contributed by atoms with Gasteiger partial charge in [-0.25, -0.2) is 0 Å². The van der Waals surface area contributed by atoms with Gasteiger partial charge in [0.05, 0.1) is 38.6 Å². The van der Waals surface area contributed by atoms with E-state index in [0.717, 1.165) is 26.1 Å². The van der Waals surface area contributed by atoms with Gasteiger partial charge >= 0.3 is 0 Å². The molecule has 0 amide bonds. The Hall–Kier alpha value is -0.240. The molecule has 104 valence electrons. The maximum absolute atomic E-state index is 9.19. The van der Waals surface area contributed by atoms with Gasteiger partial charge in [-0.2, -0.15) is 0 Å². The predicted molar refractivity (Wildman–Crippen MR) is 59.6 cm³/mol. The third-order valence-electron chi connectivity index (χ3n) is 4.02. The van der Waals surface area contributed by atoms with Crippen LogP contribution in [-0.4, -0.2) is 61.4 Å². The van der Waals surface area contributed by atoms with Gasteiger partial charge in [-0.05, 0) is 12.8 Å². The molecule has 0 aromatic heterocycles. The Bertz CT molecular complexity index is 258. The minimum absolute atomic E-state index is 0.0972. The summed E-state index contributed by atoms with van der Waals surface area (Å²) in [6, 6.07) is 0. The maximum Gasteiger partial charge on any atom is 0.163 e. The molecule has 18 heavy (non-hydrogen) atoms. The van der Waals surface area contributed by atoms with Crippen molar-refractivity contribution in [2.75, 3.05) is 26.4 Å². The van der Waals surface area contributed by atoms with E-state index in [-0.39, 0.29) is 36.6 Å². The monoisotopic (exact) mass is 260 g/mol. The Morgan fingerprint density at radius 1 is 0.667 bits per heavy atom. The number of aliphatic hydroxyl groups is 2. The highest BCUT2D eigenvalue weighted by Gasteiger charge is 2.41. The summed E-state index contributed by atoms with van der Waals surface area (Å²) < 4.78 is 20.6. The van der Waals surface area contributed by atoms with Crippen LogP contribution in [0.25, 0.3) is 0 Å². The first-order chi connectivity index (χ1) is 8.75. The van der Waals surface area contributed by atoms with Crippen molar-refractivity contribution in [1.29, 1.82) is 0 Å². The highest BCUT2D eigenvalue weighted by atomic mass is 16.7. The van der Waals surface area contributed by atoms with Crippen LogP contribution in [0.15, 0.2) is 0 Å². The molecule has 0 aromatic carbocycles. The Morgan fingerprint density at radius 2 is 1.11 bits per heavy atom. The molecule has 0 spiro atoms. The summed E-state index contributed by atoms with van der Waals surface area (Å²) in [4.78, 5) is 0. The first-order valence-electron chi connectivity index (χ1n) is 6.58. The minimum Gasteiger partial charge on any atom is -0.390 e. The number of hydrogen-bond donors (Lipinski definition) is 2. The highest BCUT2D eigenvalue weighted by Crippen LogP contribution is 2.31. The van der Waals surface area contributed by atoms with Gasteiger partial charge in [-0.1, -0.05) is 0 Å². The molecule has 2 N–H and O–H groups in total. The van der Waals surface area contributed by atoms with Crippen molar-refractivity contribution in [2.24, 2.45) is 11.8 Å². The zero-order chi connectivity index (χ0) is 12.5. The van der Waals surface area contributed by atoms with Crippen LogP contribution in [0.2, 0.25) is 0 Å². The second-order valence-electron chi connectivity index (χ2n) is 5.18. The average Bonchev–Trinajstić information content (AvgIpc) is 3.06. The van der Waals surface area contributed by atoms with E-state index in [4.69, 9.17) is 18.9 Å². The third-order valence-corrected chi connectivity index (χ3v) is 4.02. The Morgan fingerprint density at radius 3 is 1.50 bits per heavy atom. The van der Waals surface area contributed by atoms with E-state index in [2.05, 4.69) is 0 Å². The fraction of sp³-hybridized carbons (Fsp3) is 1.00. The molecule has 4 heterocycles. The molecule has 6 atom stereocenters. The van der Waals surface area contributed by atoms with Gasteiger partial charge in [0.2, 0.25) is 0 Å². The van der Waals surface area contributed by atoms with Crippen molar-refractivity contribution < 1.29 is 29.2 Å². The topological polar surface area (TPSA) is 77.4 Å². The van der Waals surface area contributed by atoms with Crippen LogP contribution in [0.5, 0.6) is 0 Å². The lowest BCUT2D eigenvalue weighted by Crippen LogP contribution is -2.18. The summed E-state index contributed by atoms with van der Waals surface area (Å²) in [5.74, 6) is 0.509. The van der Waals surface area contributed by atoms with E-state index in [9.17, 15) is 10.2 Å². The van der Waals surface area contributed by atoms with Gasteiger partial charge in [-0.15, -0.1) is 0 Å². The Kier molecular flexibility index (Phi) is 3.83. The van der Waals surface area contributed by atoms with Crippen LogP contribution in [0, 0.1) is 11.8 Å². The number of ether oxygens (including phenoxy) is 4. The van der Waals surface area contributed by atoms with Crippen molar-refractivity contribution >= 4 is 0 Å². The molecule has 0 saturated carbocycles. The van der Waals surface area contributed by atoms with Gasteiger partial charge in [-0.3, -0.25) is 0 Å². The summed E-state index contributed by atoms with van der Waals surface area (Å²) in [5, 5.41) is 18.4. The molecule has 0 bridgehead atoms. The van der Waals surface area contributed by atoms with Crippen LogP contribution in [0.4, 0.5) is 0 Å². The molecule has 0 aromatic rings. The molecule has 0 aliphatic carbocycles.